The molecule has 4 bridgehead atoms. The van der Waals surface area contributed by atoms with Crippen LogP contribution in [0.4, 0.5) is 0 Å². The normalized spacial score (nSPS) is 24.6. The van der Waals surface area contributed by atoms with Crippen LogP contribution < -0.4 is 0 Å². The standard InChI is InChI=1S/C78H60N2O4/c1-74-21-25-76(3,26-22-74)71(81)51-36-63-55(33-59(51)74)68-66-54-31-44-38-78(57-19-11-9-17-48(57)49-18-10-12-20-58(49)78)73(83)50(44)35-62(54)80-64-37-52-60(75(2)23-27-77(4,28-24-75)72(52)82)34-56(64)67(70(66)80)65-53-30-43-29-41-13-5-7-15-46(41)47-16-8-6-14-42(47)39-84-40-45(43)32-61(53)79(63)69(65)68/h5-20,30-37H,21-29,38-40H2,1-4H3. The molecule has 0 atom stereocenters. The Bertz CT molecular complexity index is 5270. The van der Waals surface area contributed by atoms with Crippen LogP contribution in [-0.4, -0.2) is 26.2 Å². The average molecular weight is 1090 g/mol. The van der Waals surface area contributed by atoms with Crippen molar-refractivity contribution < 1.29 is 19.1 Å². The lowest BCUT2D eigenvalue weighted by molar-refractivity contribution is 0.0726. The van der Waals surface area contributed by atoms with Crippen molar-refractivity contribution in [2.75, 3.05) is 0 Å². The van der Waals surface area contributed by atoms with E-state index in [1.54, 1.807) is 0 Å². The van der Waals surface area contributed by atoms with Crippen molar-refractivity contribution in [3.05, 3.63) is 212 Å². The van der Waals surface area contributed by atoms with Gasteiger partial charge in [-0.25, -0.2) is 0 Å². The van der Waals surface area contributed by atoms with E-state index in [0.29, 0.717) is 19.6 Å². The van der Waals surface area contributed by atoms with Crippen molar-refractivity contribution in [3.63, 3.8) is 0 Å². The number of carbonyl (C=O) groups excluding carboxylic acids is 3. The highest BCUT2D eigenvalue weighted by Gasteiger charge is 2.55. The third-order valence-electron chi connectivity index (χ3n) is 23.9. The van der Waals surface area contributed by atoms with E-state index in [4.69, 9.17) is 4.74 Å². The minimum Gasteiger partial charge on any atom is -0.372 e. The molecule has 8 aliphatic carbocycles. The first-order valence-electron chi connectivity index (χ1n) is 30.9. The van der Waals surface area contributed by atoms with E-state index in [1.165, 1.54) is 76.8 Å². The Hall–Kier alpha value is -8.45. The third kappa shape index (κ3) is 5.37. The fourth-order valence-corrected chi connectivity index (χ4v) is 19.0. The Labute approximate surface area is 485 Å². The Balaban J connectivity index is 0.973. The summed E-state index contributed by atoms with van der Waals surface area (Å²) in [6.07, 6.45) is 8.73. The first-order valence-corrected chi connectivity index (χ1v) is 30.9. The molecule has 84 heavy (non-hydrogen) atoms. The second-order valence-corrected chi connectivity index (χ2v) is 28.2. The quantitative estimate of drug-likeness (QED) is 0.152. The molecule has 2 saturated carbocycles. The van der Waals surface area contributed by atoms with Crippen molar-refractivity contribution in [1.82, 2.24) is 8.80 Å². The molecule has 5 heterocycles. The Morgan fingerprint density at radius 3 is 1.29 bits per heavy atom. The molecule has 406 valence electrons. The molecule has 4 aromatic heterocycles. The van der Waals surface area contributed by atoms with Gasteiger partial charge in [-0.3, -0.25) is 14.4 Å². The highest BCUT2D eigenvalue weighted by Crippen LogP contribution is 2.61. The van der Waals surface area contributed by atoms with Crippen molar-refractivity contribution in [2.45, 2.75) is 121 Å². The molecule has 9 aliphatic rings. The molecule has 22 rings (SSSR count). The number of nitrogens with zero attached hydrogens (tertiary/aromatic N) is 2. The predicted molar refractivity (Wildman–Crippen MR) is 336 cm³/mol. The first-order chi connectivity index (χ1) is 40.8. The van der Waals surface area contributed by atoms with Crippen LogP contribution in [0.2, 0.25) is 0 Å². The minimum atomic E-state index is -0.841. The summed E-state index contributed by atoms with van der Waals surface area (Å²) in [5.41, 5.74) is 22.2. The van der Waals surface area contributed by atoms with E-state index in [9.17, 15) is 0 Å². The Morgan fingerprint density at radius 1 is 0.345 bits per heavy atom. The second kappa shape index (κ2) is 15.1. The van der Waals surface area contributed by atoms with Crippen LogP contribution in [-0.2, 0) is 47.0 Å². The van der Waals surface area contributed by atoms with Gasteiger partial charge in [0, 0.05) is 70.6 Å². The third-order valence-corrected chi connectivity index (χ3v) is 23.9. The molecule has 2 fully saturated rings. The molecule has 9 aromatic carbocycles. The highest BCUT2D eigenvalue weighted by atomic mass is 16.5. The number of rotatable bonds is 0. The lowest BCUT2D eigenvalue weighted by atomic mass is 9.65. The van der Waals surface area contributed by atoms with Crippen molar-refractivity contribution in [3.8, 4) is 22.3 Å². The fourth-order valence-electron chi connectivity index (χ4n) is 19.0. The Kier molecular flexibility index (Phi) is 8.43. The summed E-state index contributed by atoms with van der Waals surface area (Å²) < 4.78 is 11.9. The molecule has 6 nitrogen and oxygen atoms in total. The predicted octanol–water partition coefficient (Wildman–Crippen LogP) is 18.0. The van der Waals surface area contributed by atoms with Crippen LogP contribution in [0.15, 0.2) is 146 Å². The van der Waals surface area contributed by atoms with E-state index >= 15 is 14.4 Å². The molecular formula is C78H60N2O4. The van der Waals surface area contributed by atoms with Crippen LogP contribution >= 0.6 is 0 Å². The summed E-state index contributed by atoms with van der Waals surface area (Å²) in [6.45, 7) is 10.2. The van der Waals surface area contributed by atoms with Gasteiger partial charge < -0.3 is 13.5 Å². The molecule has 13 aromatic rings. The summed E-state index contributed by atoms with van der Waals surface area (Å²) in [7, 11) is 0. The molecule has 0 amide bonds. The topological polar surface area (TPSA) is 69.3 Å². The number of fused-ring (bicyclic) bond motifs is 28. The number of benzene rings is 9. The maximum atomic E-state index is 16.0. The van der Waals surface area contributed by atoms with Gasteiger partial charge in [-0.15, -0.1) is 0 Å². The monoisotopic (exact) mass is 1090 g/mol. The number of aromatic nitrogens is 2. The maximum Gasteiger partial charge on any atom is 0.178 e. The molecule has 6 heteroatoms. The van der Waals surface area contributed by atoms with Crippen LogP contribution in [0.25, 0.3) is 98.4 Å². The van der Waals surface area contributed by atoms with Crippen molar-refractivity contribution in [1.29, 1.82) is 0 Å². The molecule has 0 N–H and O–H groups in total. The van der Waals surface area contributed by atoms with Gasteiger partial charge in [-0.2, -0.15) is 0 Å². The van der Waals surface area contributed by atoms with E-state index < -0.39 is 16.2 Å². The molecule has 1 spiro atoms. The zero-order chi connectivity index (χ0) is 55.9. The zero-order valence-corrected chi connectivity index (χ0v) is 47.9. The van der Waals surface area contributed by atoms with Gasteiger partial charge in [0.1, 0.15) is 0 Å². The maximum absolute atomic E-state index is 16.0. The van der Waals surface area contributed by atoms with Crippen molar-refractivity contribution >= 4 is 93.5 Å². The first kappa shape index (κ1) is 47.0. The van der Waals surface area contributed by atoms with Gasteiger partial charge in [-0.1, -0.05) is 125 Å². The van der Waals surface area contributed by atoms with Gasteiger partial charge in [0.2, 0.25) is 0 Å². The summed E-state index contributed by atoms with van der Waals surface area (Å²) in [5, 5.41) is 9.39. The van der Waals surface area contributed by atoms with Gasteiger partial charge in [0.05, 0.1) is 51.7 Å². The van der Waals surface area contributed by atoms with E-state index in [2.05, 4.69) is 182 Å². The summed E-state index contributed by atoms with van der Waals surface area (Å²) in [4.78, 5) is 46.8. The van der Waals surface area contributed by atoms with E-state index in [0.717, 1.165) is 146 Å². The number of hydrogen-bond acceptors (Lipinski definition) is 4. The Morgan fingerprint density at radius 2 is 0.750 bits per heavy atom. The minimum absolute atomic E-state index is 0.148. The lowest BCUT2D eigenvalue weighted by Crippen LogP contribution is -2.33. The molecule has 0 unspecified atom stereocenters. The number of Topliss-reactive ketones (excluding diaryl/α,β-unsaturated/α-hetero) is 3. The number of hydrogen-bond donors (Lipinski definition) is 0. The molecular weight excluding hydrogens is 1030 g/mol. The largest absolute Gasteiger partial charge is 0.372 e. The number of ketones is 3. The number of ether oxygens (including phenoxy) is 1. The highest BCUT2D eigenvalue weighted by molar-refractivity contribution is 6.45. The fraction of sp³-hybridized carbons (Fsp3) is 0.269. The van der Waals surface area contributed by atoms with Crippen LogP contribution in [0.3, 0.4) is 0 Å². The summed E-state index contributed by atoms with van der Waals surface area (Å²) in [6, 6.07) is 53.8. The lowest BCUT2D eigenvalue weighted by Gasteiger charge is -2.38. The SMILES string of the molecule is CC12CCC(C)(CC1)c1cc3c4c5c6cc7c(cc6n6c8cc9c(cc8c(c8c%10cc%11c(cc%10n(c3cc1C2=O)c48)COCc1ccccc1-c1ccccc1C%11)c56)C1(C)CCC(C)(CC1)C9=O)C(=O)C1(C7)c2ccccc2-c2ccccc21. The van der Waals surface area contributed by atoms with Gasteiger partial charge >= 0.3 is 0 Å². The van der Waals surface area contributed by atoms with E-state index in [-0.39, 0.29) is 28.2 Å². The van der Waals surface area contributed by atoms with Gasteiger partial charge in [0.15, 0.2) is 17.3 Å². The van der Waals surface area contributed by atoms with Gasteiger partial charge in [0.25, 0.3) is 0 Å². The van der Waals surface area contributed by atoms with Crippen LogP contribution in [0.1, 0.15) is 160 Å². The summed E-state index contributed by atoms with van der Waals surface area (Å²) >= 11 is 0. The van der Waals surface area contributed by atoms with Gasteiger partial charge in [-0.05, 0) is 196 Å². The van der Waals surface area contributed by atoms with E-state index in [1.807, 2.05) is 0 Å². The summed E-state index contributed by atoms with van der Waals surface area (Å²) in [5.74, 6) is 0.700. The zero-order valence-electron chi connectivity index (χ0n) is 47.9. The average Bonchev–Trinajstić information content (AvgIpc) is 1.55. The van der Waals surface area contributed by atoms with Crippen LogP contribution in [0, 0.1) is 10.8 Å². The number of carbonyl (C=O) groups is 3. The molecule has 0 saturated heterocycles. The smallest absolute Gasteiger partial charge is 0.178 e. The van der Waals surface area contributed by atoms with Crippen molar-refractivity contribution in [2.24, 2.45) is 10.8 Å². The molecule has 1 aliphatic heterocycles. The molecule has 0 radical (unpaired) electrons. The second-order valence-electron chi connectivity index (χ2n) is 28.2. The van der Waals surface area contributed by atoms with Crippen LogP contribution in [0.5, 0.6) is 0 Å².